The number of hydrogen-bond donors (Lipinski definition) is 2. The molecule has 2 fully saturated rings. The van der Waals surface area contributed by atoms with E-state index in [2.05, 4.69) is 76.5 Å². The van der Waals surface area contributed by atoms with Crippen LogP contribution in [0.1, 0.15) is 26.3 Å². The maximum absolute atomic E-state index is 6.09. The number of morpholine rings is 1. The van der Waals surface area contributed by atoms with Gasteiger partial charge < -0.3 is 20.3 Å². The summed E-state index contributed by atoms with van der Waals surface area (Å²) in [5.74, 6) is 0.975. The number of ether oxygens (including phenoxy) is 1. The molecule has 0 spiro atoms. The van der Waals surface area contributed by atoms with Crippen LogP contribution in [0.15, 0.2) is 35.3 Å². The zero-order chi connectivity index (χ0) is 19.3. The van der Waals surface area contributed by atoms with Crippen molar-refractivity contribution in [3.05, 3.63) is 35.9 Å². The molecule has 0 aliphatic carbocycles. The first kappa shape index (κ1) is 20.1. The van der Waals surface area contributed by atoms with Crippen molar-refractivity contribution in [2.24, 2.45) is 4.99 Å². The van der Waals surface area contributed by atoms with Crippen molar-refractivity contribution in [1.29, 1.82) is 0 Å². The van der Waals surface area contributed by atoms with Crippen molar-refractivity contribution in [3.8, 4) is 0 Å². The second-order valence-corrected chi connectivity index (χ2v) is 8.49. The van der Waals surface area contributed by atoms with E-state index in [1.807, 2.05) is 7.05 Å². The van der Waals surface area contributed by atoms with E-state index in [-0.39, 0.29) is 11.6 Å². The van der Waals surface area contributed by atoms with Crippen molar-refractivity contribution in [3.63, 3.8) is 0 Å². The Labute approximate surface area is 164 Å². The van der Waals surface area contributed by atoms with Gasteiger partial charge in [-0.05, 0) is 26.3 Å². The summed E-state index contributed by atoms with van der Waals surface area (Å²) in [7, 11) is 1.87. The molecule has 6 heteroatoms. The lowest BCUT2D eigenvalue weighted by Gasteiger charge is -2.36. The topological polar surface area (TPSA) is 52.1 Å². The Morgan fingerprint density at radius 2 is 1.96 bits per heavy atom. The molecule has 1 aromatic rings. The van der Waals surface area contributed by atoms with Crippen LogP contribution >= 0.6 is 0 Å². The average Bonchev–Trinajstić information content (AvgIpc) is 3.07. The number of aliphatic imine (C=N–C) groups is 1. The van der Waals surface area contributed by atoms with E-state index in [1.165, 1.54) is 5.56 Å². The third-order valence-electron chi connectivity index (χ3n) is 5.22. The van der Waals surface area contributed by atoms with Gasteiger partial charge in [-0.15, -0.1) is 0 Å². The van der Waals surface area contributed by atoms with Crippen LogP contribution in [0.25, 0.3) is 0 Å². The zero-order valence-corrected chi connectivity index (χ0v) is 17.2. The first-order chi connectivity index (χ1) is 13.0. The number of fused-ring (bicyclic) bond motifs is 1. The van der Waals surface area contributed by atoms with Gasteiger partial charge in [0.1, 0.15) is 0 Å². The minimum Gasteiger partial charge on any atom is -0.373 e. The van der Waals surface area contributed by atoms with Gasteiger partial charge in [-0.2, -0.15) is 0 Å². The van der Waals surface area contributed by atoms with Gasteiger partial charge in [0.15, 0.2) is 5.96 Å². The fourth-order valence-corrected chi connectivity index (χ4v) is 3.89. The molecule has 1 aromatic carbocycles. The highest BCUT2D eigenvalue weighted by Gasteiger charge is 2.41. The highest BCUT2D eigenvalue weighted by atomic mass is 16.5. The Hall–Kier alpha value is -1.63. The third-order valence-corrected chi connectivity index (χ3v) is 5.22. The average molecular weight is 374 g/mol. The lowest BCUT2D eigenvalue weighted by atomic mass is 10.1. The van der Waals surface area contributed by atoms with Gasteiger partial charge in [-0.25, -0.2) is 0 Å². The largest absolute Gasteiger partial charge is 0.373 e. The van der Waals surface area contributed by atoms with Crippen LogP contribution in [-0.2, 0) is 11.3 Å². The number of nitrogens with zero attached hydrogens (tertiary/aromatic N) is 3. The predicted molar refractivity (Wildman–Crippen MR) is 111 cm³/mol. The Morgan fingerprint density at radius 1 is 1.19 bits per heavy atom. The molecule has 3 rings (SSSR count). The molecule has 2 saturated heterocycles. The number of guanidine groups is 1. The maximum Gasteiger partial charge on any atom is 0.193 e. The van der Waals surface area contributed by atoms with E-state index in [0.717, 1.165) is 51.8 Å². The summed E-state index contributed by atoms with van der Waals surface area (Å²) in [5.41, 5.74) is 1.51. The number of rotatable bonds is 5. The Bertz CT molecular complexity index is 613. The first-order valence-electron chi connectivity index (χ1n) is 10.1. The van der Waals surface area contributed by atoms with Crippen molar-refractivity contribution in [2.75, 3.05) is 46.4 Å². The Morgan fingerprint density at radius 3 is 2.67 bits per heavy atom. The molecule has 0 amide bonds. The predicted octanol–water partition coefficient (Wildman–Crippen LogP) is 1.54. The third kappa shape index (κ3) is 5.67. The van der Waals surface area contributed by atoms with Gasteiger partial charge in [0, 0.05) is 51.9 Å². The van der Waals surface area contributed by atoms with E-state index < -0.39 is 0 Å². The van der Waals surface area contributed by atoms with Crippen LogP contribution in [0.5, 0.6) is 0 Å². The lowest BCUT2D eigenvalue weighted by Crippen LogP contribution is -2.50. The van der Waals surface area contributed by atoms with Crippen molar-refractivity contribution in [1.82, 2.24) is 20.4 Å². The van der Waals surface area contributed by atoms with Crippen LogP contribution in [0.3, 0.4) is 0 Å². The van der Waals surface area contributed by atoms with Gasteiger partial charge in [0.2, 0.25) is 0 Å². The molecule has 2 heterocycles. The summed E-state index contributed by atoms with van der Waals surface area (Å²) < 4.78 is 6.09. The molecule has 2 aliphatic heterocycles. The zero-order valence-electron chi connectivity index (χ0n) is 17.2. The van der Waals surface area contributed by atoms with E-state index in [9.17, 15) is 0 Å². The van der Waals surface area contributed by atoms with Crippen LogP contribution in [0.2, 0.25) is 0 Å². The molecule has 0 bridgehead atoms. The summed E-state index contributed by atoms with van der Waals surface area (Å²) in [4.78, 5) is 9.41. The van der Waals surface area contributed by atoms with Gasteiger partial charge in [-0.1, -0.05) is 30.3 Å². The molecule has 2 N–H and O–H groups in total. The molecule has 6 nitrogen and oxygen atoms in total. The second-order valence-electron chi connectivity index (χ2n) is 8.49. The minimum absolute atomic E-state index is 0.138. The summed E-state index contributed by atoms with van der Waals surface area (Å²) in [6, 6.07) is 11.1. The summed E-state index contributed by atoms with van der Waals surface area (Å²) in [6.45, 7) is 13.0. The number of likely N-dealkylation sites (tertiary alicyclic amines) is 1. The monoisotopic (exact) mass is 373 g/mol. The molecule has 2 atom stereocenters. The van der Waals surface area contributed by atoms with E-state index in [0.29, 0.717) is 6.04 Å². The molecule has 0 radical (unpaired) electrons. The van der Waals surface area contributed by atoms with Crippen LogP contribution in [0.4, 0.5) is 0 Å². The summed E-state index contributed by atoms with van der Waals surface area (Å²) >= 11 is 0. The molecular formula is C21H35N5O. The number of benzene rings is 1. The van der Waals surface area contributed by atoms with Gasteiger partial charge in [0.05, 0.1) is 18.8 Å². The molecule has 27 heavy (non-hydrogen) atoms. The number of nitrogens with one attached hydrogen (secondary N) is 2. The summed E-state index contributed by atoms with van der Waals surface area (Å²) in [5, 5.41) is 7.00. The van der Waals surface area contributed by atoms with Crippen molar-refractivity contribution in [2.45, 2.75) is 45.0 Å². The lowest BCUT2D eigenvalue weighted by molar-refractivity contribution is -0.0502. The number of hydrogen-bond acceptors (Lipinski definition) is 4. The Balaban J connectivity index is 1.54. The Kier molecular flexibility index (Phi) is 6.73. The fourth-order valence-electron chi connectivity index (χ4n) is 3.89. The van der Waals surface area contributed by atoms with Crippen LogP contribution in [0, 0.1) is 0 Å². The second kappa shape index (κ2) is 9.04. The van der Waals surface area contributed by atoms with Gasteiger partial charge >= 0.3 is 0 Å². The molecular weight excluding hydrogens is 338 g/mol. The van der Waals surface area contributed by atoms with Gasteiger partial charge in [-0.3, -0.25) is 9.89 Å². The molecule has 0 aromatic heterocycles. The smallest absolute Gasteiger partial charge is 0.193 e. The molecule has 0 saturated carbocycles. The minimum atomic E-state index is 0.138. The highest BCUT2D eigenvalue weighted by Crippen LogP contribution is 2.24. The van der Waals surface area contributed by atoms with Crippen LogP contribution < -0.4 is 10.6 Å². The van der Waals surface area contributed by atoms with Crippen molar-refractivity contribution >= 4 is 5.96 Å². The van der Waals surface area contributed by atoms with E-state index in [1.54, 1.807) is 0 Å². The molecule has 2 aliphatic rings. The standard InChI is InChI=1S/C21H35N5O/c1-21(2,3)24-11-10-23-20(22-4)26-15-18-19(16-26)27-13-12-25(18)14-17-8-6-5-7-9-17/h5-9,18-19,24H,10-16H2,1-4H3,(H,22,23). The summed E-state index contributed by atoms with van der Waals surface area (Å²) in [6.07, 6.45) is 0.258. The van der Waals surface area contributed by atoms with E-state index >= 15 is 0 Å². The maximum atomic E-state index is 6.09. The normalized spacial score (nSPS) is 24.1. The SMILES string of the molecule is CN=C(NCCNC(C)(C)C)N1CC2OCCN(Cc3ccccc3)C2C1. The van der Waals surface area contributed by atoms with Crippen molar-refractivity contribution < 1.29 is 4.74 Å². The quantitative estimate of drug-likeness (QED) is 0.466. The van der Waals surface area contributed by atoms with Crippen LogP contribution in [-0.4, -0.2) is 79.8 Å². The molecule has 150 valence electrons. The molecule has 2 unspecified atom stereocenters. The first-order valence-corrected chi connectivity index (χ1v) is 10.1. The van der Waals surface area contributed by atoms with E-state index in [4.69, 9.17) is 4.74 Å². The fraction of sp³-hybridized carbons (Fsp3) is 0.667. The van der Waals surface area contributed by atoms with Gasteiger partial charge in [0.25, 0.3) is 0 Å². The highest BCUT2D eigenvalue weighted by molar-refractivity contribution is 5.80.